The minimum Gasteiger partial charge on any atom is -0.462 e. The molecule has 6 unspecified atom stereocenters. The molecule has 0 bridgehead atoms. The monoisotopic (exact) mass is 869 g/mol. The molecule has 1 rings (SSSR count). The quantitative estimate of drug-likeness (QED) is 0.0153. The number of phosphoric ester groups is 1. The van der Waals surface area contributed by atoms with Crippen LogP contribution in [0.4, 0.5) is 0 Å². The molecule has 0 amide bonds. The highest BCUT2D eigenvalue weighted by molar-refractivity contribution is 7.47. The van der Waals surface area contributed by atoms with Crippen molar-refractivity contribution < 1.29 is 63.1 Å². The van der Waals surface area contributed by atoms with Gasteiger partial charge >= 0.3 is 19.8 Å². The Morgan fingerprint density at radius 3 is 1.45 bits per heavy atom. The van der Waals surface area contributed by atoms with E-state index in [9.17, 15) is 44.6 Å². The summed E-state index contributed by atoms with van der Waals surface area (Å²) in [5, 5.41) is 50.1. The van der Waals surface area contributed by atoms with E-state index in [0.29, 0.717) is 12.8 Å². The van der Waals surface area contributed by atoms with Crippen LogP contribution in [0.15, 0.2) is 72.9 Å². The molecule has 6 N–H and O–H groups in total. The highest BCUT2D eigenvalue weighted by atomic mass is 31.2. The lowest BCUT2D eigenvalue weighted by Gasteiger charge is -2.41. The normalized spacial score (nSPS) is 22.9. The molecular weight excluding hydrogens is 791 g/mol. The Bertz CT molecular complexity index is 1330. The number of allylic oxidation sites excluding steroid dienone is 12. The Balaban J connectivity index is 2.52. The summed E-state index contributed by atoms with van der Waals surface area (Å²) in [7, 11) is -5.13. The minimum absolute atomic E-state index is 0.0617. The van der Waals surface area contributed by atoms with Crippen molar-refractivity contribution in [2.45, 2.75) is 191 Å². The summed E-state index contributed by atoms with van der Waals surface area (Å²) in [6.45, 7) is 3.09. The molecule has 0 aromatic heterocycles. The van der Waals surface area contributed by atoms with Crippen molar-refractivity contribution in [2.75, 3.05) is 13.2 Å². The van der Waals surface area contributed by atoms with E-state index in [1.54, 1.807) is 0 Å². The standard InChI is InChI=1S/C46H77O13P/c1-3-5-7-9-11-13-15-17-19-20-21-23-25-27-29-31-33-35-40(48)58-38(37-57-60(54,55)59-46-44(52)42(50)41(49)43(51)45(46)53)36-56-39(47)34-32-30-28-26-24-22-18-16-14-12-10-8-6-4-2/h5,7,10-13,16-19,21,23,38,41-46,49-53H,3-4,6,8-9,14-15,20,22,24-37H2,1-2H3,(H,54,55)/b7-5-,12-10-,13-11-,18-16-,19-17-,23-21-. The summed E-state index contributed by atoms with van der Waals surface area (Å²) in [5.41, 5.74) is 0. The molecule has 0 radical (unpaired) electrons. The van der Waals surface area contributed by atoms with Crippen molar-refractivity contribution in [3.8, 4) is 0 Å². The fourth-order valence-corrected chi connectivity index (χ4v) is 7.15. The summed E-state index contributed by atoms with van der Waals surface area (Å²) in [6.07, 6.45) is 31.0. The minimum atomic E-state index is -5.13. The number of unbranched alkanes of at least 4 members (excludes halogenated alkanes) is 11. The molecule has 0 heterocycles. The summed E-state index contributed by atoms with van der Waals surface area (Å²) >= 11 is 0. The molecule has 14 heteroatoms. The number of aliphatic hydroxyl groups excluding tert-OH is 5. The average Bonchev–Trinajstić information content (AvgIpc) is 3.23. The summed E-state index contributed by atoms with van der Waals surface area (Å²) in [6, 6.07) is 0. The Morgan fingerprint density at radius 1 is 0.533 bits per heavy atom. The molecule has 0 spiro atoms. The van der Waals surface area contributed by atoms with Crippen LogP contribution in [-0.4, -0.2) is 98.3 Å². The molecule has 344 valence electrons. The van der Waals surface area contributed by atoms with Crippen molar-refractivity contribution in [2.24, 2.45) is 0 Å². The van der Waals surface area contributed by atoms with E-state index in [-0.39, 0.29) is 12.8 Å². The molecule has 0 aliphatic heterocycles. The summed E-state index contributed by atoms with van der Waals surface area (Å²) < 4.78 is 33.4. The van der Waals surface area contributed by atoms with Gasteiger partial charge in [0.2, 0.25) is 0 Å². The van der Waals surface area contributed by atoms with Crippen molar-refractivity contribution in [1.82, 2.24) is 0 Å². The van der Waals surface area contributed by atoms with E-state index < -0.39 is 75.7 Å². The number of hydrogen-bond acceptors (Lipinski definition) is 12. The Labute approximate surface area is 359 Å². The van der Waals surface area contributed by atoms with E-state index >= 15 is 0 Å². The zero-order valence-corrected chi connectivity index (χ0v) is 37.1. The van der Waals surface area contributed by atoms with Gasteiger partial charge in [-0.15, -0.1) is 0 Å². The number of carbonyl (C=O) groups is 2. The van der Waals surface area contributed by atoms with Crippen LogP contribution in [0.5, 0.6) is 0 Å². The van der Waals surface area contributed by atoms with E-state index in [4.69, 9.17) is 18.5 Å². The second-order valence-electron chi connectivity index (χ2n) is 15.2. The van der Waals surface area contributed by atoms with Gasteiger partial charge in [0.15, 0.2) is 6.10 Å². The first-order chi connectivity index (χ1) is 28.9. The van der Waals surface area contributed by atoms with Crippen molar-refractivity contribution in [3.63, 3.8) is 0 Å². The zero-order chi connectivity index (χ0) is 44.3. The first-order valence-corrected chi connectivity index (χ1v) is 23.7. The van der Waals surface area contributed by atoms with Gasteiger partial charge < -0.3 is 39.9 Å². The number of carbonyl (C=O) groups excluding carboxylic acids is 2. The number of hydrogen-bond donors (Lipinski definition) is 6. The smallest absolute Gasteiger partial charge is 0.462 e. The van der Waals surface area contributed by atoms with Crippen molar-refractivity contribution in [1.29, 1.82) is 0 Å². The third-order valence-corrected chi connectivity index (χ3v) is 10.8. The topological polar surface area (TPSA) is 210 Å². The average molecular weight is 869 g/mol. The molecular formula is C46H77O13P. The molecule has 1 aliphatic rings. The Hall–Kier alpha value is -2.71. The highest BCUT2D eigenvalue weighted by Gasteiger charge is 2.51. The first-order valence-electron chi connectivity index (χ1n) is 22.2. The Morgan fingerprint density at radius 2 is 0.950 bits per heavy atom. The van der Waals surface area contributed by atoms with Crippen LogP contribution in [0, 0.1) is 0 Å². The largest absolute Gasteiger partial charge is 0.472 e. The predicted octanol–water partition coefficient (Wildman–Crippen LogP) is 8.33. The first kappa shape index (κ1) is 55.3. The van der Waals surface area contributed by atoms with Crippen LogP contribution in [0.3, 0.4) is 0 Å². The van der Waals surface area contributed by atoms with Crippen LogP contribution in [0.25, 0.3) is 0 Å². The van der Waals surface area contributed by atoms with Gasteiger partial charge in [0, 0.05) is 12.8 Å². The second kappa shape index (κ2) is 35.8. The van der Waals surface area contributed by atoms with Gasteiger partial charge in [-0.3, -0.25) is 18.6 Å². The molecule has 60 heavy (non-hydrogen) atoms. The molecule has 0 aromatic rings. The Kier molecular flexibility index (Phi) is 33.0. The van der Waals surface area contributed by atoms with Crippen LogP contribution in [0.1, 0.15) is 149 Å². The van der Waals surface area contributed by atoms with E-state index in [1.165, 1.54) is 12.8 Å². The van der Waals surface area contributed by atoms with E-state index in [0.717, 1.165) is 96.3 Å². The van der Waals surface area contributed by atoms with Gasteiger partial charge in [-0.05, 0) is 77.0 Å². The maximum Gasteiger partial charge on any atom is 0.472 e. The van der Waals surface area contributed by atoms with Gasteiger partial charge in [-0.25, -0.2) is 4.57 Å². The SMILES string of the molecule is CC/C=C\C/C=C\C/C=C\C/C=C\CCCCCCC(=O)OC(COC(=O)CCCCCCC/C=C\C/C=C\CCCC)COP(=O)(O)OC1C(O)C(O)C(O)C(O)C1O. The molecule has 6 atom stereocenters. The van der Waals surface area contributed by atoms with Gasteiger partial charge in [-0.2, -0.15) is 0 Å². The highest BCUT2D eigenvalue weighted by Crippen LogP contribution is 2.47. The van der Waals surface area contributed by atoms with Gasteiger partial charge in [0.05, 0.1) is 6.61 Å². The van der Waals surface area contributed by atoms with Crippen molar-refractivity contribution >= 4 is 19.8 Å². The molecule has 1 aliphatic carbocycles. The number of phosphoric acid groups is 1. The summed E-state index contributed by atoms with van der Waals surface area (Å²) in [4.78, 5) is 35.6. The lowest BCUT2D eigenvalue weighted by Crippen LogP contribution is -2.64. The van der Waals surface area contributed by atoms with E-state index in [1.807, 2.05) is 0 Å². The third kappa shape index (κ3) is 28.0. The number of rotatable bonds is 35. The van der Waals surface area contributed by atoms with Crippen LogP contribution >= 0.6 is 7.82 Å². The van der Waals surface area contributed by atoms with Crippen molar-refractivity contribution in [3.05, 3.63) is 72.9 Å². The lowest BCUT2D eigenvalue weighted by molar-refractivity contribution is -0.220. The van der Waals surface area contributed by atoms with Gasteiger partial charge in [0.1, 0.15) is 43.2 Å². The fourth-order valence-electron chi connectivity index (χ4n) is 6.18. The molecule has 13 nitrogen and oxygen atoms in total. The fraction of sp³-hybridized carbons (Fsp3) is 0.696. The second-order valence-corrected chi connectivity index (χ2v) is 16.6. The zero-order valence-electron chi connectivity index (χ0n) is 36.2. The maximum absolute atomic E-state index is 12.8. The van der Waals surface area contributed by atoms with Gasteiger partial charge in [-0.1, -0.05) is 132 Å². The molecule has 1 fully saturated rings. The number of aliphatic hydroxyl groups is 5. The van der Waals surface area contributed by atoms with Gasteiger partial charge in [0.25, 0.3) is 0 Å². The molecule has 1 saturated carbocycles. The number of ether oxygens (including phenoxy) is 2. The lowest BCUT2D eigenvalue weighted by atomic mass is 9.85. The van der Waals surface area contributed by atoms with Crippen LogP contribution < -0.4 is 0 Å². The number of esters is 2. The van der Waals surface area contributed by atoms with E-state index in [2.05, 4.69) is 86.8 Å². The molecule has 0 saturated heterocycles. The predicted molar refractivity (Wildman–Crippen MR) is 235 cm³/mol. The summed E-state index contributed by atoms with van der Waals surface area (Å²) in [5.74, 6) is -1.15. The molecule has 0 aromatic carbocycles. The van der Waals surface area contributed by atoms with Crippen LogP contribution in [0.2, 0.25) is 0 Å². The van der Waals surface area contributed by atoms with Crippen LogP contribution in [-0.2, 0) is 32.7 Å². The third-order valence-electron chi connectivity index (χ3n) is 9.78. The maximum atomic E-state index is 12.8.